The highest BCUT2D eigenvalue weighted by Crippen LogP contribution is 2.28. The van der Waals surface area contributed by atoms with Gasteiger partial charge in [-0.2, -0.15) is 0 Å². The van der Waals surface area contributed by atoms with E-state index >= 15 is 0 Å². The Kier molecular flexibility index (Phi) is 4.25. The monoisotopic (exact) mass is 297 g/mol. The molecule has 2 rings (SSSR count). The van der Waals surface area contributed by atoms with Crippen molar-refractivity contribution in [2.45, 2.75) is 31.4 Å². The molecule has 0 spiro atoms. The normalized spacial score (nSPS) is 23.1. The molecule has 1 saturated heterocycles. The smallest absolute Gasteiger partial charge is 0.343 e. The Labute approximate surface area is 121 Å². The third-order valence-corrected chi connectivity index (χ3v) is 3.87. The Morgan fingerprint density at radius 2 is 2.10 bits per heavy atom. The Hall–Kier alpha value is -1.98. The molecule has 1 aromatic rings. The first-order chi connectivity index (χ1) is 9.83. The number of carbonyl (C=O) groups is 2. The molecule has 1 N–H and O–H groups in total. The number of rotatable bonds is 4. The van der Waals surface area contributed by atoms with Crippen LogP contribution in [0.3, 0.4) is 0 Å². The minimum absolute atomic E-state index is 0.0244. The van der Waals surface area contributed by atoms with Gasteiger partial charge in [0, 0.05) is 19.4 Å². The minimum atomic E-state index is -2.36. The lowest BCUT2D eigenvalue weighted by molar-refractivity contribution is -0.150. The van der Waals surface area contributed by atoms with Crippen LogP contribution >= 0.6 is 0 Å². The van der Waals surface area contributed by atoms with Crippen LogP contribution in [-0.2, 0) is 9.59 Å². The van der Waals surface area contributed by atoms with E-state index < -0.39 is 18.2 Å². The molecular formula is C15H17F2NO3. The van der Waals surface area contributed by atoms with Crippen molar-refractivity contribution in [2.24, 2.45) is 0 Å². The van der Waals surface area contributed by atoms with Gasteiger partial charge in [0.15, 0.2) is 0 Å². The van der Waals surface area contributed by atoms with Crippen LogP contribution in [0.1, 0.15) is 31.2 Å². The fourth-order valence-corrected chi connectivity index (χ4v) is 2.54. The first-order valence-electron chi connectivity index (χ1n) is 6.78. The number of nitrogens with zero attached hydrogens (tertiary/aromatic N) is 1. The third kappa shape index (κ3) is 3.20. The summed E-state index contributed by atoms with van der Waals surface area (Å²) in [5, 5.41) is 8.81. The minimum Gasteiger partial charge on any atom is -0.479 e. The number of likely N-dealkylation sites (tertiary alicyclic amines) is 1. The Bertz CT molecular complexity index is 564. The van der Waals surface area contributed by atoms with Crippen molar-refractivity contribution in [1.29, 1.82) is 0 Å². The molecule has 0 unspecified atom stereocenters. The molecular weight excluding hydrogens is 280 g/mol. The summed E-state index contributed by atoms with van der Waals surface area (Å²) in [6, 6.07) is 6.18. The van der Waals surface area contributed by atoms with Gasteiger partial charge in [-0.25, -0.2) is 13.6 Å². The highest BCUT2D eigenvalue weighted by Gasteiger charge is 2.46. The summed E-state index contributed by atoms with van der Waals surface area (Å²) in [7, 11) is 0. The molecule has 1 amide bonds. The van der Waals surface area contributed by atoms with E-state index in [1.54, 1.807) is 25.1 Å². The zero-order chi connectivity index (χ0) is 15.6. The summed E-state index contributed by atoms with van der Waals surface area (Å²) in [5.74, 6) is -2.63. The first kappa shape index (κ1) is 15.4. The number of halogens is 2. The van der Waals surface area contributed by atoms with E-state index in [0.717, 1.165) is 0 Å². The fraction of sp³-hybridized carbons (Fsp3) is 0.467. The molecule has 0 radical (unpaired) electrons. The lowest BCUT2D eigenvalue weighted by atomic mass is 9.96. The van der Waals surface area contributed by atoms with Gasteiger partial charge >= 0.3 is 5.97 Å². The van der Waals surface area contributed by atoms with Crippen molar-refractivity contribution in [1.82, 2.24) is 4.90 Å². The van der Waals surface area contributed by atoms with E-state index in [9.17, 15) is 18.4 Å². The molecule has 0 aliphatic carbocycles. The lowest BCUT2D eigenvalue weighted by Gasteiger charge is -2.20. The van der Waals surface area contributed by atoms with Gasteiger partial charge in [0.25, 0.3) is 0 Å². The molecule has 1 fully saturated rings. The number of hydrogen-bond acceptors (Lipinski definition) is 2. The van der Waals surface area contributed by atoms with Crippen molar-refractivity contribution >= 4 is 11.9 Å². The third-order valence-electron chi connectivity index (χ3n) is 3.87. The zero-order valence-electron chi connectivity index (χ0n) is 11.7. The molecule has 1 aromatic carbocycles. The largest absolute Gasteiger partial charge is 0.479 e. The number of hydrogen-bond donors (Lipinski definition) is 1. The maximum atomic E-state index is 13.9. The number of benzene rings is 1. The molecule has 2 atom stereocenters. The van der Waals surface area contributed by atoms with Crippen LogP contribution in [-0.4, -0.2) is 40.6 Å². The van der Waals surface area contributed by atoms with Crippen LogP contribution in [0.25, 0.3) is 0 Å². The summed E-state index contributed by atoms with van der Waals surface area (Å²) < 4.78 is 27.6. The van der Waals surface area contributed by atoms with Gasteiger partial charge in [-0.1, -0.05) is 25.1 Å². The van der Waals surface area contributed by atoms with Crippen LogP contribution in [0, 0.1) is 5.82 Å². The fourth-order valence-electron chi connectivity index (χ4n) is 2.54. The number of alkyl halides is 1. The highest BCUT2D eigenvalue weighted by atomic mass is 19.1. The summed E-state index contributed by atoms with van der Waals surface area (Å²) in [6.45, 7) is 1.35. The summed E-state index contributed by atoms with van der Waals surface area (Å²) >= 11 is 0. The predicted molar refractivity (Wildman–Crippen MR) is 72.1 cm³/mol. The maximum Gasteiger partial charge on any atom is 0.343 e. The number of carboxylic acids is 1. The Morgan fingerprint density at radius 1 is 1.43 bits per heavy atom. The zero-order valence-corrected chi connectivity index (χ0v) is 11.7. The molecule has 1 heterocycles. The average molecular weight is 297 g/mol. The molecule has 21 heavy (non-hydrogen) atoms. The second-order valence-electron chi connectivity index (χ2n) is 5.46. The van der Waals surface area contributed by atoms with Crippen molar-refractivity contribution in [3.05, 3.63) is 35.6 Å². The van der Waals surface area contributed by atoms with Gasteiger partial charge in [0.1, 0.15) is 5.82 Å². The highest BCUT2D eigenvalue weighted by molar-refractivity contribution is 5.82. The summed E-state index contributed by atoms with van der Waals surface area (Å²) in [4.78, 5) is 24.1. The molecule has 0 bridgehead atoms. The van der Waals surface area contributed by atoms with Crippen LogP contribution in [0.5, 0.6) is 0 Å². The number of carbonyl (C=O) groups excluding carboxylic acids is 1. The number of amides is 1. The van der Waals surface area contributed by atoms with Gasteiger partial charge < -0.3 is 10.0 Å². The van der Waals surface area contributed by atoms with Crippen LogP contribution < -0.4 is 0 Å². The van der Waals surface area contributed by atoms with Crippen LogP contribution in [0.2, 0.25) is 0 Å². The van der Waals surface area contributed by atoms with Gasteiger partial charge in [-0.05, 0) is 17.5 Å². The second-order valence-corrected chi connectivity index (χ2v) is 5.46. The predicted octanol–water partition coefficient (Wildman–Crippen LogP) is 2.34. The molecule has 1 aliphatic heterocycles. The quantitative estimate of drug-likeness (QED) is 0.928. The lowest BCUT2D eigenvalue weighted by Crippen LogP contribution is -2.39. The van der Waals surface area contributed by atoms with E-state index in [4.69, 9.17) is 5.11 Å². The summed E-state index contributed by atoms with van der Waals surface area (Å²) in [5.41, 5.74) is -1.94. The second kappa shape index (κ2) is 5.79. The van der Waals surface area contributed by atoms with Gasteiger partial charge in [-0.3, -0.25) is 4.79 Å². The number of aliphatic carboxylic acids is 1. The SMILES string of the molecule is C[C@H](CC(=O)N1CC[C@@](F)(C(=O)O)C1)c1ccccc1F. The molecule has 0 saturated carbocycles. The van der Waals surface area contributed by atoms with Crippen molar-refractivity contribution in [2.75, 3.05) is 13.1 Å². The summed E-state index contributed by atoms with van der Waals surface area (Å²) in [6.07, 6.45) is -0.182. The van der Waals surface area contributed by atoms with Crippen molar-refractivity contribution in [3.63, 3.8) is 0 Å². The van der Waals surface area contributed by atoms with Gasteiger partial charge in [-0.15, -0.1) is 0 Å². The van der Waals surface area contributed by atoms with E-state index in [0.29, 0.717) is 5.56 Å². The number of carboxylic acid groups (broad SMARTS) is 1. The Balaban J connectivity index is 2.00. The van der Waals surface area contributed by atoms with Gasteiger partial charge in [0.2, 0.25) is 11.6 Å². The first-order valence-corrected chi connectivity index (χ1v) is 6.78. The van der Waals surface area contributed by atoms with E-state index in [1.807, 2.05) is 0 Å². The standard InChI is InChI=1S/C15H17F2NO3/c1-10(11-4-2-3-5-12(11)16)8-13(19)18-7-6-15(17,9-18)14(20)21/h2-5,10H,6-9H2,1H3,(H,20,21)/t10-,15+/m1/s1. The van der Waals surface area contributed by atoms with Crippen molar-refractivity contribution in [3.8, 4) is 0 Å². The Morgan fingerprint density at radius 3 is 2.67 bits per heavy atom. The van der Waals surface area contributed by atoms with Crippen LogP contribution in [0.15, 0.2) is 24.3 Å². The topological polar surface area (TPSA) is 57.6 Å². The van der Waals surface area contributed by atoms with Gasteiger partial charge in [0.05, 0.1) is 6.54 Å². The molecule has 114 valence electrons. The maximum absolute atomic E-state index is 13.9. The average Bonchev–Trinajstić information content (AvgIpc) is 2.83. The molecule has 0 aromatic heterocycles. The van der Waals surface area contributed by atoms with E-state index in [1.165, 1.54) is 11.0 Å². The molecule has 1 aliphatic rings. The van der Waals surface area contributed by atoms with Crippen molar-refractivity contribution < 1.29 is 23.5 Å². The van der Waals surface area contributed by atoms with E-state index in [-0.39, 0.29) is 37.0 Å². The molecule has 4 nitrogen and oxygen atoms in total. The van der Waals surface area contributed by atoms with E-state index in [2.05, 4.69) is 0 Å². The van der Waals surface area contributed by atoms with Crippen LogP contribution in [0.4, 0.5) is 8.78 Å². The molecule has 6 heteroatoms.